The average molecular weight is 193 g/mol. The maximum atomic E-state index is 9.55. The molecule has 0 bridgehead atoms. The SMILES string of the molecule is OCC12CCCN1CC(=C1CCC1)C2. The van der Waals surface area contributed by atoms with Crippen molar-refractivity contribution in [2.45, 2.75) is 44.1 Å². The van der Waals surface area contributed by atoms with Gasteiger partial charge >= 0.3 is 0 Å². The molecule has 2 saturated heterocycles. The smallest absolute Gasteiger partial charge is 0.0618 e. The third kappa shape index (κ3) is 1.10. The zero-order valence-electron chi connectivity index (χ0n) is 8.76. The summed E-state index contributed by atoms with van der Waals surface area (Å²) in [6, 6.07) is 0. The minimum absolute atomic E-state index is 0.165. The molecule has 0 spiro atoms. The first-order valence-corrected chi connectivity index (χ1v) is 5.90. The topological polar surface area (TPSA) is 23.5 Å². The summed E-state index contributed by atoms with van der Waals surface area (Å²) in [4.78, 5) is 2.52. The summed E-state index contributed by atoms with van der Waals surface area (Å²) in [5.41, 5.74) is 3.55. The van der Waals surface area contributed by atoms with Crippen LogP contribution in [0.3, 0.4) is 0 Å². The number of aliphatic hydroxyl groups is 1. The third-order valence-electron chi connectivity index (χ3n) is 4.42. The van der Waals surface area contributed by atoms with E-state index < -0.39 is 0 Å². The van der Waals surface area contributed by atoms with E-state index in [0.29, 0.717) is 6.61 Å². The lowest BCUT2D eigenvalue weighted by Crippen LogP contribution is -2.41. The van der Waals surface area contributed by atoms with Crippen LogP contribution in [-0.4, -0.2) is 35.2 Å². The summed E-state index contributed by atoms with van der Waals surface area (Å²) < 4.78 is 0. The van der Waals surface area contributed by atoms with Gasteiger partial charge in [-0.2, -0.15) is 0 Å². The Morgan fingerprint density at radius 3 is 2.64 bits per heavy atom. The zero-order chi connectivity index (χ0) is 9.60. The van der Waals surface area contributed by atoms with E-state index in [1.165, 1.54) is 45.1 Å². The van der Waals surface area contributed by atoms with E-state index in [-0.39, 0.29) is 5.54 Å². The van der Waals surface area contributed by atoms with Crippen LogP contribution in [0.25, 0.3) is 0 Å². The molecule has 0 amide bonds. The van der Waals surface area contributed by atoms with Gasteiger partial charge in [0.1, 0.15) is 0 Å². The van der Waals surface area contributed by atoms with Gasteiger partial charge in [0.25, 0.3) is 0 Å². The first-order valence-electron chi connectivity index (χ1n) is 5.90. The normalized spacial score (nSPS) is 37.5. The van der Waals surface area contributed by atoms with Crippen molar-refractivity contribution in [2.75, 3.05) is 19.7 Å². The van der Waals surface area contributed by atoms with Gasteiger partial charge in [-0.25, -0.2) is 0 Å². The van der Waals surface area contributed by atoms with E-state index in [0.717, 1.165) is 6.54 Å². The molecule has 3 rings (SSSR count). The van der Waals surface area contributed by atoms with Crippen LogP contribution < -0.4 is 0 Å². The predicted molar refractivity (Wildman–Crippen MR) is 56.1 cm³/mol. The van der Waals surface area contributed by atoms with Crippen molar-refractivity contribution in [1.82, 2.24) is 4.90 Å². The minimum atomic E-state index is 0.165. The molecule has 2 nitrogen and oxygen atoms in total. The maximum absolute atomic E-state index is 9.55. The lowest BCUT2D eigenvalue weighted by Gasteiger charge is -2.28. The standard InChI is InChI=1S/C12H19NO/c14-9-12-5-2-6-13(12)8-11(7-12)10-3-1-4-10/h14H,1-9H2. The predicted octanol–water partition coefficient (Wildman–Crippen LogP) is 1.70. The molecule has 3 aliphatic rings. The number of rotatable bonds is 1. The van der Waals surface area contributed by atoms with Crippen molar-refractivity contribution in [2.24, 2.45) is 0 Å². The second-order valence-corrected chi connectivity index (χ2v) is 5.15. The van der Waals surface area contributed by atoms with Gasteiger partial charge in [-0.1, -0.05) is 11.1 Å². The molecule has 2 heteroatoms. The van der Waals surface area contributed by atoms with Crippen LogP contribution in [0.2, 0.25) is 0 Å². The molecule has 1 saturated carbocycles. The van der Waals surface area contributed by atoms with Crippen molar-refractivity contribution in [1.29, 1.82) is 0 Å². The highest BCUT2D eigenvalue weighted by Crippen LogP contribution is 2.44. The van der Waals surface area contributed by atoms with Gasteiger partial charge in [-0.05, 0) is 45.1 Å². The van der Waals surface area contributed by atoms with Crippen LogP contribution in [0, 0.1) is 0 Å². The van der Waals surface area contributed by atoms with Gasteiger partial charge in [-0.15, -0.1) is 0 Å². The van der Waals surface area contributed by atoms with Crippen LogP contribution in [0.5, 0.6) is 0 Å². The van der Waals surface area contributed by atoms with Crippen molar-refractivity contribution in [3.8, 4) is 0 Å². The van der Waals surface area contributed by atoms with E-state index in [9.17, 15) is 5.11 Å². The fourth-order valence-electron chi connectivity index (χ4n) is 3.30. The molecule has 1 N–H and O–H groups in total. The number of aliphatic hydroxyl groups excluding tert-OH is 1. The molecular weight excluding hydrogens is 174 g/mol. The number of hydrogen-bond acceptors (Lipinski definition) is 2. The van der Waals surface area contributed by atoms with E-state index in [2.05, 4.69) is 4.90 Å². The molecule has 0 radical (unpaired) electrons. The summed E-state index contributed by atoms with van der Waals surface area (Å²) in [7, 11) is 0. The summed E-state index contributed by atoms with van der Waals surface area (Å²) >= 11 is 0. The first-order chi connectivity index (χ1) is 6.84. The molecule has 0 aromatic carbocycles. The van der Waals surface area contributed by atoms with Crippen LogP contribution in [0.1, 0.15) is 38.5 Å². The number of hydrogen-bond donors (Lipinski definition) is 1. The Bertz CT molecular complexity index is 278. The van der Waals surface area contributed by atoms with Gasteiger partial charge in [-0.3, -0.25) is 4.90 Å². The van der Waals surface area contributed by atoms with Gasteiger partial charge in [0.2, 0.25) is 0 Å². The highest BCUT2D eigenvalue weighted by Gasteiger charge is 2.46. The molecule has 1 unspecified atom stereocenters. The molecule has 2 heterocycles. The van der Waals surface area contributed by atoms with Crippen LogP contribution >= 0.6 is 0 Å². The van der Waals surface area contributed by atoms with Gasteiger partial charge in [0.05, 0.1) is 6.61 Å². The quantitative estimate of drug-likeness (QED) is 0.641. The molecule has 1 atom stereocenters. The summed E-state index contributed by atoms with van der Waals surface area (Å²) in [5.74, 6) is 0. The number of nitrogens with zero attached hydrogens (tertiary/aromatic N) is 1. The largest absolute Gasteiger partial charge is 0.394 e. The Labute approximate surface area is 85.6 Å². The molecule has 78 valence electrons. The molecule has 1 aliphatic carbocycles. The van der Waals surface area contributed by atoms with Gasteiger partial charge in [0, 0.05) is 12.1 Å². The van der Waals surface area contributed by atoms with E-state index in [1.807, 2.05) is 0 Å². The molecule has 14 heavy (non-hydrogen) atoms. The van der Waals surface area contributed by atoms with E-state index in [1.54, 1.807) is 11.1 Å². The van der Waals surface area contributed by atoms with Crippen molar-refractivity contribution in [3.05, 3.63) is 11.1 Å². The monoisotopic (exact) mass is 193 g/mol. The van der Waals surface area contributed by atoms with E-state index >= 15 is 0 Å². The van der Waals surface area contributed by atoms with Crippen molar-refractivity contribution >= 4 is 0 Å². The Hall–Kier alpha value is -0.340. The molecular formula is C12H19NO. The van der Waals surface area contributed by atoms with Gasteiger partial charge < -0.3 is 5.11 Å². The highest BCUT2D eigenvalue weighted by molar-refractivity contribution is 5.28. The number of fused-ring (bicyclic) bond motifs is 1. The van der Waals surface area contributed by atoms with Gasteiger partial charge in [0.15, 0.2) is 0 Å². The Morgan fingerprint density at radius 1 is 1.21 bits per heavy atom. The van der Waals surface area contributed by atoms with Crippen LogP contribution in [0.4, 0.5) is 0 Å². The lowest BCUT2D eigenvalue weighted by molar-refractivity contribution is 0.1000. The van der Waals surface area contributed by atoms with Crippen LogP contribution in [-0.2, 0) is 0 Å². The maximum Gasteiger partial charge on any atom is 0.0618 e. The highest BCUT2D eigenvalue weighted by atomic mass is 16.3. The second kappa shape index (κ2) is 3.07. The summed E-state index contributed by atoms with van der Waals surface area (Å²) in [6.45, 7) is 2.73. The third-order valence-corrected chi connectivity index (χ3v) is 4.42. The Morgan fingerprint density at radius 2 is 2.07 bits per heavy atom. The zero-order valence-corrected chi connectivity index (χ0v) is 8.76. The Balaban J connectivity index is 1.85. The molecule has 3 fully saturated rings. The molecule has 0 aromatic rings. The number of allylic oxidation sites excluding steroid dienone is 1. The fraction of sp³-hybridized carbons (Fsp3) is 0.833. The van der Waals surface area contributed by atoms with Crippen LogP contribution in [0.15, 0.2) is 11.1 Å². The fourth-order valence-corrected chi connectivity index (χ4v) is 3.30. The van der Waals surface area contributed by atoms with Crippen molar-refractivity contribution in [3.63, 3.8) is 0 Å². The van der Waals surface area contributed by atoms with E-state index in [4.69, 9.17) is 0 Å². The average Bonchev–Trinajstić information content (AvgIpc) is 2.57. The first kappa shape index (κ1) is 8.93. The second-order valence-electron chi connectivity index (χ2n) is 5.15. The Kier molecular flexibility index (Phi) is 1.96. The summed E-state index contributed by atoms with van der Waals surface area (Å²) in [5, 5.41) is 9.55. The minimum Gasteiger partial charge on any atom is -0.394 e. The van der Waals surface area contributed by atoms with Crippen molar-refractivity contribution < 1.29 is 5.11 Å². The summed E-state index contributed by atoms with van der Waals surface area (Å²) in [6.07, 6.45) is 7.72. The lowest BCUT2D eigenvalue weighted by atomic mass is 9.84. The molecule has 2 aliphatic heterocycles. The molecule has 0 aromatic heterocycles.